The first-order valence-electron chi connectivity index (χ1n) is 42.4. The van der Waals surface area contributed by atoms with Gasteiger partial charge in [0, 0.05) is 110 Å². The van der Waals surface area contributed by atoms with Gasteiger partial charge in [0.05, 0.1) is 71.0 Å². The lowest BCUT2D eigenvalue weighted by Crippen LogP contribution is -2.31. The number of aromatic amines is 3. The van der Waals surface area contributed by atoms with E-state index < -0.39 is 47.5 Å². The number of imidazole rings is 3. The smallest absolute Gasteiger partial charge is 0.492 e. The van der Waals surface area contributed by atoms with Gasteiger partial charge in [-0.3, -0.25) is 0 Å². The fraction of sp³-hybridized carbons (Fsp3) is 0.355. The molecule has 0 saturated heterocycles. The third-order valence-electron chi connectivity index (χ3n) is 20.8. The van der Waals surface area contributed by atoms with Crippen molar-refractivity contribution >= 4 is 141 Å². The van der Waals surface area contributed by atoms with Crippen LogP contribution in [0.5, 0.6) is 34.5 Å². The molecule has 0 saturated carbocycles. The largest absolute Gasteiger partial charge is 0.504 e. The number of ether oxygens (including phenoxy) is 10. The van der Waals surface area contributed by atoms with E-state index in [9.17, 15) is 15.2 Å². The third kappa shape index (κ3) is 25.8. The Labute approximate surface area is 751 Å². The number of hydrogen-bond donors (Lipinski definition) is 6. The summed E-state index contributed by atoms with van der Waals surface area (Å²) in [6.07, 6.45) is 0. The molecule has 0 spiro atoms. The van der Waals surface area contributed by atoms with E-state index in [4.69, 9.17) is 77.6 Å². The molecule has 15 rings (SSSR count). The Kier molecular flexibility index (Phi) is 31.9. The zero-order valence-corrected chi connectivity index (χ0v) is 82.5. The van der Waals surface area contributed by atoms with Crippen LogP contribution in [0.4, 0.5) is 0 Å². The number of halogens is 1. The van der Waals surface area contributed by atoms with E-state index in [0.29, 0.717) is 68.0 Å². The summed E-state index contributed by atoms with van der Waals surface area (Å²) in [5.74, 6) is 4.85. The summed E-state index contributed by atoms with van der Waals surface area (Å²) in [6.45, 7) is 40.2. The van der Waals surface area contributed by atoms with Crippen LogP contribution in [-0.4, -0.2) is 190 Å². The van der Waals surface area contributed by atoms with Gasteiger partial charge in [0.1, 0.15) is 37.3 Å². The minimum absolute atomic E-state index is 0.106. The molecule has 0 aliphatic rings. The van der Waals surface area contributed by atoms with Gasteiger partial charge in [0.15, 0.2) is 65.6 Å². The first-order valence-corrected chi connectivity index (χ1v) is 62.0. The minimum atomic E-state index is -1.60. The Bertz CT molecular complexity index is 6000. The van der Waals surface area contributed by atoms with E-state index in [0.717, 1.165) is 167 Å². The molecule has 0 aliphatic heterocycles. The number of H-pyrrole nitrogens is 3. The average molecular weight is 1890 g/mol. The van der Waals surface area contributed by atoms with E-state index in [-0.39, 0.29) is 24.8 Å². The van der Waals surface area contributed by atoms with Crippen molar-refractivity contribution in [3.63, 3.8) is 0 Å². The van der Waals surface area contributed by atoms with Gasteiger partial charge in [-0.05, 0) is 161 Å². The number of aromatic hydroxyl groups is 1. The summed E-state index contributed by atoms with van der Waals surface area (Å²) < 4.78 is 64.3. The van der Waals surface area contributed by atoms with Crippen LogP contribution in [0.15, 0.2) is 182 Å². The Balaban J connectivity index is 0.000000157. The van der Waals surface area contributed by atoms with Crippen molar-refractivity contribution in [1.82, 2.24) is 59.2 Å². The monoisotopic (exact) mass is 1890 g/mol. The van der Waals surface area contributed by atoms with Crippen LogP contribution in [0.3, 0.4) is 0 Å². The fourth-order valence-corrected chi connectivity index (χ4v) is 17.9. The maximum Gasteiger partial charge on any atom is 0.492 e. The highest BCUT2D eigenvalue weighted by atomic mass is 127. The number of nitrogens with one attached hydrogen (secondary N) is 3. The third-order valence-corrected chi connectivity index (χ3v) is 30.0. The molecule has 32 heteroatoms. The molecule has 6 aromatic heterocycles. The number of aromatic nitrogens is 12. The number of methoxy groups -OCH3 is 3. The van der Waals surface area contributed by atoms with Gasteiger partial charge in [-0.25, -0.2) is 29.0 Å². The molecule has 660 valence electrons. The molecule has 0 unspecified atom stereocenters. The standard InChI is InChI=1S/C33H44N4O4Si2.C27H30N4O3Si.C20H23IN4OSi.C13H23BO5Si/c1-38-32-25(11-10-14-30(32)41-23-40-18-20-43(5,6)7)24-15-16-29-26(21-24)31(33-34-27-12-8-9-13-28(27)35-33)36-37(29)22-39-17-19-42(2,3)4;1-33-26-19(8-7-11-24(26)32)18-12-13-23-20(16-18)25(27-28-21-9-5-6-10-22(21)29-27)30-31(23)17-34-14-15-35(2,3)4;1-27(2,3)11-10-26-13-25-18-9-8-14(21)12-15(18)19(24-25)20-22-16-6-4-5-7-17(16)23-20;1-17-13-11(14(15)16)6-5-7-12(13)19-10-18-8-9-20(2,3)4/h8-16,21H,17-20,22-23H2,1-7H3,(H,34,35);5-13,16,32H,14-15,17H2,1-4H3,(H,28,29);4-9,12H,10-11,13H2,1-3H3,(H,22,23);5-7,15-16H,8-10H2,1-4H3. The second-order valence-electron chi connectivity index (χ2n) is 36.9. The lowest BCUT2D eigenvalue weighted by atomic mass is 9.79. The van der Waals surface area contributed by atoms with Crippen LogP contribution in [0.2, 0.25) is 128 Å². The van der Waals surface area contributed by atoms with Gasteiger partial charge in [-0.1, -0.05) is 183 Å². The molecule has 0 amide bonds. The van der Waals surface area contributed by atoms with Crippen molar-refractivity contribution in [3.8, 4) is 91.3 Å². The number of rotatable bonds is 36. The van der Waals surface area contributed by atoms with Crippen molar-refractivity contribution in [2.45, 2.75) is 149 Å². The Hall–Kier alpha value is -9.80. The highest BCUT2D eigenvalue weighted by Gasteiger charge is 2.26. The highest BCUT2D eigenvalue weighted by Crippen LogP contribution is 2.43. The topological polar surface area (TPSA) is 292 Å². The van der Waals surface area contributed by atoms with E-state index in [2.05, 4.69) is 178 Å². The normalized spacial score (nSPS) is 12.1. The van der Waals surface area contributed by atoms with Crippen molar-refractivity contribution < 1.29 is 62.5 Å². The van der Waals surface area contributed by atoms with Crippen LogP contribution in [0.1, 0.15) is 0 Å². The fourth-order valence-electron chi connectivity index (χ4n) is 13.6. The van der Waals surface area contributed by atoms with E-state index >= 15 is 0 Å². The second-order valence-corrected chi connectivity index (χ2v) is 66.3. The lowest BCUT2D eigenvalue weighted by molar-refractivity contribution is 0.0204. The number of benzene rings is 9. The van der Waals surface area contributed by atoms with Crippen LogP contribution in [-0.2, 0) is 43.9 Å². The molecule has 15 aromatic rings. The average Bonchev–Trinajstić information content (AvgIpc) is 1.62. The number of hydrogen-bond acceptors (Lipinski definition) is 19. The molecule has 125 heavy (non-hydrogen) atoms. The summed E-state index contributed by atoms with van der Waals surface area (Å²) >= 11 is 2.34. The zero-order chi connectivity index (χ0) is 89.4. The number of phenols is 1. The van der Waals surface area contributed by atoms with Crippen molar-refractivity contribution in [2.24, 2.45) is 0 Å². The minimum Gasteiger partial charge on any atom is -0.504 e. The summed E-state index contributed by atoms with van der Waals surface area (Å²) in [7, 11) is -2.63. The van der Waals surface area contributed by atoms with Crippen LogP contribution in [0, 0.1) is 3.57 Å². The molecular weight excluding hydrogens is 1770 g/mol. The van der Waals surface area contributed by atoms with E-state index in [1.54, 1.807) is 38.5 Å². The lowest BCUT2D eigenvalue weighted by Gasteiger charge is -2.17. The van der Waals surface area contributed by atoms with Gasteiger partial charge < -0.3 is 77.5 Å². The van der Waals surface area contributed by atoms with Crippen LogP contribution >= 0.6 is 22.6 Å². The van der Waals surface area contributed by atoms with Gasteiger partial charge in [0.2, 0.25) is 0 Å². The summed E-state index contributed by atoms with van der Waals surface area (Å²) in [6, 6.07) is 64.7. The van der Waals surface area contributed by atoms with Gasteiger partial charge in [-0.2, -0.15) is 15.3 Å². The summed E-state index contributed by atoms with van der Waals surface area (Å²) in [5.41, 5.74) is 15.0. The molecular formula is C93H120BIN12O13Si5. The van der Waals surface area contributed by atoms with Gasteiger partial charge in [0.25, 0.3) is 0 Å². The number of phenolic OH excluding ortho intramolecular Hbond substituents is 1. The van der Waals surface area contributed by atoms with Crippen molar-refractivity contribution in [1.29, 1.82) is 0 Å². The summed E-state index contributed by atoms with van der Waals surface area (Å²) in [4.78, 5) is 24.7. The van der Waals surface area contributed by atoms with Crippen LogP contribution < -0.4 is 29.1 Å². The second kappa shape index (κ2) is 42.2. The van der Waals surface area contributed by atoms with E-state index in [1.807, 2.05) is 129 Å². The predicted octanol–water partition coefficient (Wildman–Crippen LogP) is 21.1. The van der Waals surface area contributed by atoms with Gasteiger partial charge in [-0.15, -0.1) is 0 Å². The maximum atomic E-state index is 10.3. The molecule has 6 heterocycles. The summed E-state index contributed by atoms with van der Waals surface area (Å²) in [5, 5.41) is 46.6. The van der Waals surface area contributed by atoms with Crippen molar-refractivity contribution in [3.05, 3.63) is 186 Å². The van der Waals surface area contributed by atoms with Crippen molar-refractivity contribution in [2.75, 3.05) is 67.9 Å². The Morgan fingerprint density at radius 2 is 0.704 bits per heavy atom. The molecule has 0 fully saturated rings. The molecule has 6 N–H and O–H groups in total. The maximum absolute atomic E-state index is 10.3. The SMILES string of the molecule is COc1c(O)cccc1-c1ccc2c(c1)c(-c1nc3ccccc3[nH]1)nn2COCC[Si](C)(C)C.COc1c(OCOCC[Si](C)(C)C)cccc1-c1ccc2c(c1)c(-c1nc3ccccc3[nH]1)nn2COCC[Si](C)(C)C.COc1c(OCOCC[Si](C)(C)C)cccc1B(O)O.C[Si](C)(C)CCOCn1nc(-c2nc3ccccc3[nH]2)c2cc(I)ccc21. The molecule has 0 radical (unpaired) electrons. The highest BCUT2D eigenvalue weighted by molar-refractivity contribution is 14.1. The first kappa shape index (κ1) is 94.3. The zero-order valence-electron chi connectivity index (χ0n) is 75.3. The first-order chi connectivity index (χ1) is 59.6. The molecule has 0 bridgehead atoms. The quantitative estimate of drug-likeness (QED) is 0.00920. The predicted molar refractivity (Wildman–Crippen MR) is 527 cm³/mol. The molecule has 0 aliphatic carbocycles. The Morgan fingerprint density at radius 1 is 0.368 bits per heavy atom. The van der Waals surface area contributed by atoms with E-state index in [1.165, 1.54) is 10.7 Å². The number of nitrogens with zero attached hydrogens (tertiary/aromatic N) is 9. The molecule has 25 nitrogen and oxygen atoms in total. The number of para-hydroxylation sites is 9. The molecule has 9 aromatic carbocycles. The Morgan fingerprint density at radius 3 is 1.07 bits per heavy atom. The molecule has 0 atom stereocenters. The van der Waals surface area contributed by atoms with Crippen LogP contribution in [0.25, 0.3) is 123 Å². The number of fused-ring (bicyclic) bond motifs is 6. The van der Waals surface area contributed by atoms with Gasteiger partial charge >= 0.3 is 7.12 Å².